The maximum atomic E-state index is 10.7. The maximum Gasteiger partial charge on any atom is 0.419 e. The van der Waals surface area contributed by atoms with E-state index >= 15 is 0 Å². The summed E-state index contributed by atoms with van der Waals surface area (Å²) in [6.45, 7) is 0. The predicted molar refractivity (Wildman–Crippen MR) is 37.7 cm³/mol. The highest BCUT2D eigenvalue weighted by Gasteiger charge is 2.02. The first kappa shape index (κ1) is 7.27. The molecule has 0 aromatic carbocycles. The number of hydrogen-bond acceptors (Lipinski definition) is 3. The Hall–Kier alpha value is -0.840. The quantitative estimate of drug-likeness (QED) is 0.640. The third kappa shape index (κ3) is 1.36. The van der Waals surface area contributed by atoms with E-state index in [1.54, 1.807) is 0 Å². The number of halogens is 1. The number of methoxy groups -OCH3 is 1. The number of rotatable bonds is 0. The second-order valence-corrected chi connectivity index (χ2v) is 2.39. The van der Waals surface area contributed by atoms with E-state index in [0.29, 0.717) is 4.60 Å². The Morgan fingerprint density at radius 1 is 1.90 bits per heavy atom. The van der Waals surface area contributed by atoms with Crippen LogP contribution in [0.2, 0.25) is 0 Å². The average Bonchev–Trinajstić information content (AvgIpc) is 2.34. The van der Waals surface area contributed by atoms with E-state index in [-0.39, 0.29) is 0 Å². The third-order valence-corrected chi connectivity index (χ3v) is 1.35. The highest BCUT2D eigenvalue weighted by atomic mass is 79.9. The molecule has 0 atom stereocenters. The number of ether oxygens (including phenoxy) is 1. The van der Waals surface area contributed by atoms with Gasteiger partial charge in [0.25, 0.3) is 0 Å². The molecular weight excluding hydrogens is 200 g/mol. The monoisotopic (exact) mass is 204 g/mol. The molecule has 0 N–H and O–H groups in total. The number of aromatic nitrogens is 2. The first-order valence-corrected chi connectivity index (χ1v) is 3.31. The molecule has 0 unspecified atom stereocenters. The van der Waals surface area contributed by atoms with Crippen LogP contribution >= 0.6 is 15.9 Å². The van der Waals surface area contributed by atoms with Crippen molar-refractivity contribution in [3.8, 4) is 0 Å². The zero-order valence-electron chi connectivity index (χ0n) is 5.24. The molecule has 10 heavy (non-hydrogen) atoms. The smallest absolute Gasteiger partial charge is 0.419 e. The Morgan fingerprint density at radius 2 is 2.60 bits per heavy atom. The molecule has 0 fully saturated rings. The van der Waals surface area contributed by atoms with Crippen molar-refractivity contribution in [1.82, 2.24) is 9.55 Å². The summed E-state index contributed by atoms with van der Waals surface area (Å²) in [5.74, 6) is 0. The Morgan fingerprint density at radius 3 is 3.00 bits per heavy atom. The van der Waals surface area contributed by atoms with Crippen molar-refractivity contribution in [2.75, 3.05) is 7.11 Å². The molecule has 1 heterocycles. The van der Waals surface area contributed by atoms with Crippen LogP contribution in [-0.2, 0) is 4.74 Å². The van der Waals surface area contributed by atoms with E-state index < -0.39 is 6.09 Å². The van der Waals surface area contributed by atoms with Gasteiger partial charge in [-0.2, -0.15) is 0 Å². The standard InChI is InChI=1S/C5H5BrN2O2/c1-10-5(9)8-2-4(6)7-3-8/h2-3H,1H3. The van der Waals surface area contributed by atoms with Gasteiger partial charge in [-0.05, 0) is 15.9 Å². The highest BCUT2D eigenvalue weighted by Crippen LogP contribution is 2.03. The van der Waals surface area contributed by atoms with Gasteiger partial charge in [0.2, 0.25) is 0 Å². The van der Waals surface area contributed by atoms with Crippen LogP contribution in [0.15, 0.2) is 17.1 Å². The SMILES string of the molecule is COC(=O)n1cnc(Br)c1. The number of imidazole rings is 1. The molecule has 0 saturated carbocycles. The molecule has 0 saturated heterocycles. The molecule has 0 bridgehead atoms. The number of nitrogens with zero attached hydrogens (tertiary/aromatic N) is 2. The molecule has 0 amide bonds. The van der Waals surface area contributed by atoms with Crippen molar-refractivity contribution in [3.05, 3.63) is 17.1 Å². The minimum Gasteiger partial charge on any atom is -0.452 e. The van der Waals surface area contributed by atoms with Crippen LogP contribution in [0.4, 0.5) is 4.79 Å². The zero-order chi connectivity index (χ0) is 7.56. The molecule has 5 heteroatoms. The van der Waals surface area contributed by atoms with Gasteiger partial charge in [0, 0.05) is 6.20 Å². The summed E-state index contributed by atoms with van der Waals surface area (Å²) in [7, 11) is 1.32. The van der Waals surface area contributed by atoms with Crippen LogP contribution in [0.25, 0.3) is 0 Å². The largest absolute Gasteiger partial charge is 0.452 e. The minimum absolute atomic E-state index is 0.446. The average molecular weight is 205 g/mol. The van der Waals surface area contributed by atoms with Crippen molar-refractivity contribution < 1.29 is 9.53 Å². The summed E-state index contributed by atoms with van der Waals surface area (Å²) in [6, 6.07) is 0. The Kier molecular flexibility index (Phi) is 2.06. The molecule has 0 aliphatic rings. The lowest BCUT2D eigenvalue weighted by molar-refractivity contribution is 0.173. The second-order valence-electron chi connectivity index (χ2n) is 1.57. The lowest BCUT2D eigenvalue weighted by atomic mass is 10.9. The molecule has 1 rings (SSSR count). The summed E-state index contributed by atoms with van der Waals surface area (Å²) in [5, 5.41) is 0. The lowest BCUT2D eigenvalue weighted by Gasteiger charge is -1.94. The Labute approximate surface area is 65.9 Å². The van der Waals surface area contributed by atoms with Crippen LogP contribution < -0.4 is 0 Å². The summed E-state index contributed by atoms with van der Waals surface area (Å²) < 4.78 is 6.26. The van der Waals surface area contributed by atoms with Crippen molar-refractivity contribution in [2.24, 2.45) is 0 Å². The molecule has 1 aromatic rings. The molecule has 0 aliphatic carbocycles. The van der Waals surface area contributed by atoms with Gasteiger partial charge < -0.3 is 4.74 Å². The van der Waals surface area contributed by atoms with E-state index in [9.17, 15) is 4.79 Å². The van der Waals surface area contributed by atoms with E-state index in [1.807, 2.05) is 0 Å². The second kappa shape index (κ2) is 2.83. The minimum atomic E-state index is -0.446. The fourth-order valence-electron chi connectivity index (χ4n) is 0.504. The summed E-state index contributed by atoms with van der Waals surface area (Å²) in [4.78, 5) is 14.5. The van der Waals surface area contributed by atoms with Crippen LogP contribution in [0.3, 0.4) is 0 Å². The van der Waals surface area contributed by atoms with Crippen molar-refractivity contribution in [2.45, 2.75) is 0 Å². The molecule has 0 aliphatic heterocycles. The van der Waals surface area contributed by atoms with Gasteiger partial charge in [0.15, 0.2) is 0 Å². The van der Waals surface area contributed by atoms with Gasteiger partial charge in [0.1, 0.15) is 10.9 Å². The van der Waals surface area contributed by atoms with E-state index in [2.05, 4.69) is 25.7 Å². The van der Waals surface area contributed by atoms with E-state index in [1.165, 1.54) is 24.2 Å². The first-order chi connectivity index (χ1) is 4.74. The number of carbonyl (C=O) groups is 1. The summed E-state index contributed by atoms with van der Waals surface area (Å²) >= 11 is 3.09. The maximum absolute atomic E-state index is 10.7. The van der Waals surface area contributed by atoms with Crippen molar-refractivity contribution in [3.63, 3.8) is 0 Å². The summed E-state index contributed by atoms with van der Waals surface area (Å²) in [5.41, 5.74) is 0. The van der Waals surface area contributed by atoms with Gasteiger partial charge in [-0.1, -0.05) is 0 Å². The molecule has 4 nitrogen and oxygen atoms in total. The topological polar surface area (TPSA) is 44.1 Å². The fraction of sp³-hybridized carbons (Fsp3) is 0.200. The Bertz CT molecular complexity index is 246. The molecule has 0 spiro atoms. The lowest BCUT2D eigenvalue weighted by Crippen LogP contribution is -2.08. The predicted octanol–water partition coefficient (Wildman–Crippen LogP) is 1.26. The van der Waals surface area contributed by atoms with Crippen LogP contribution in [0.1, 0.15) is 0 Å². The van der Waals surface area contributed by atoms with Crippen LogP contribution in [0, 0.1) is 0 Å². The summed E-state index contributed by atoms with van der Waals surface area (Å²) in [6.07, 6.45) is 2.44. The van der Waals surface area contributed by atoms with Gasteiger partial charge in [-0.25, -0.2) is 14.3 Å². The molecule has 0 radical (unpaired) electrons. The van der Waals surface area contributed by atoms with E-state index in [4.69, 9.17) is 0 Å². The third-order valence-electron chi connectivity index (χ3n) is 0.937. The number of carbonyl (C=O) groups excluding carboxylic acids is 1. The fourth-order valence-corrected chi connectivity index (χ4v) is 0.816. The normalized spacial score (nSPS) is 9.40. The first-order valence-electron chi connectivity index (χ1n) is 2.52. The van der Waals surface area contributed by atoms with Crippen molar-refractivity contribution >= 4 is 22.0 Å². The molecular formula is C5H5BrN2O2. The van der Waals surface area contributed by atoms with Gasteiger partial charge in [-0.15, -0.1) is 0 Å². The Balaban J connectivity index is 2.85. The van der Waals surface area contributed by atoms with Crippen LogP contribution in [-0.4, -0.2) is 22.8 Å². The number of hydrogen-bond donors (Lipinski definition) is 0. The molecule has 1 aromatic heterocycles. The van der Waals surface area contributed by atoms with E-state index in [0.717, 1.165) is 0 Å². The van der Waals surface area contributed by atoms with Crippen LogP contribution in [0.5, 0.6) is 0 Å². The van der Waals surface area contributed by atoms with Gasteiger partial charge in [0.05, 0.1) is 7.11 Å². The molecule has 54 valence electrons. The van der Waals surface area contributed by atoms with Gasteiger partial charge >= 0.3 is 6.09 Å². The van der Waals surface area contributed by atoms with Gasteiger partial charge in [-0.3, -0.25) is 0 Å². The van der Waals surface area contributed by atoms with Crippen molar-refractivity contribution in [1.29, 1.82) is 0 Å². The zero-order valence-corrected chi connectivity index (χ0v) is 6.83. The highest BCUT2D eigenvalue weighted by molar-refractivity contribution is 9.10.